The fraction of sp³-hybridized carbons (Fsp3) is 0.417. The number of nitrogens with one attached hydrogen (secondary N) is 1. The second-order valence-electron chi connectivity index (χ2n) is 4.19. The summed E-state index contributed by atoms with van der Waals surface area (Å²) in [5.41, 5.74) is 1.04. The van der Waals surface area contributed by atoms with E-state index in [0.29, 0.717) is 16.3 Å². The number of carbonyl (C=O) groups excluding carboxylic acids is 1. The van der Waals surface area contributed by atoms with Crippen LogP contribution >= 0.6 is 11.6 Å². The first-order valence-electron chi connectivity index (χ1n) is 5.84. The Hall–Kier alpha value is -1.31. The first-order chi connectivity index (χ1) is 9.27. The molecular formula is C12H17ClN2O4S. The van der Waals surface area contributed by atoms with Crippen LogP contribution in [0.5, 0.6) is 0 Å². The molecular weight excluding hydrogens is 304 g/mol. The molecule has 112 valence electrons. The monoisotopic (exact) mass is 320 g/mol. The van der Waals surface area contributed by atoms with E-state index in [2.05, 4.69) is 9.46 Å². The Balaban J connectivity index is 2.82. The number of nitrogens with zero attached hydrogens (tertiary/aromatic N) is 1. The number of esters is 1. The fourth-order valence-corrected chi connectivity index (χ4v) is 2.78. The normalized spacial score (nSPS) is 11.4. The van der Waals surface area contributed by atoms with Crippen molar-refractivity contribution in [3.8, 4) is 0 Å². The van der Waals surface area contributed by atoms with Gasteiger partial charge in [-0.25, -0.2) is 0 Å². The van der Waals surface area contributed by atoms with Crippen LogP contribution in [-0.2, 0) is 19.7 Å². The van der Waals surface area contributed by atoms with Crippen LogP contribution < -0.4 is 4.72 Å². The summed E-state index contributed by atoms with van der Waals surface area (Å²) >= 11 is 5.97. The topological polar surface area (TPSA) is 75.7 Å². The third-order valence-electron chi connectivity index (χ3n) is 2.72. The first-order valence-corrected chi connectivity index (χ1v) is 7.65. The molecule has 0 bridgehead atoms. The molecule has 1 aromatic carbocycles. The van der Waals surface area contributed by atoms with Gasteiger partial charge in [-0.15, -0.1) is 0 Å². The minimum atomic E-state index is -3.77. The van der Waals surface area contributed by atoms with Crippen molar-refractivity contribution >= 4 is 33.5 Å². The number of anilines is 1. The highest BCUT2D eigenvalue weighted by Crippen LogP contribution is 2.26. The summed E-state index contributed by atoms with van der Waals surface area (Å²) in [5, 5.41) is 0.315. The van der Waals surface area contributed by atoms with Crippen LogP contribution in [0.4, 0.5) is 5.69 Å². The van der Waals surface area contributed by atoms with Gasteiger partial charge in [-0.1, -0.05) is 23.7 Å². The summed E-state index contributed by atoms with van der Waals surface area (Å²) in [6.07, 6.45) is -0.0184. The van der Waals surface area contributed by atoms with Gasteiger partial charge in [0.2, 0.25) is 0 Å². The molecule has 0 aromatic heterocycles. The van der Waals surface area contributed by atoms with Gasteiger partial charge in [-0.2, -0.15) is 12.7 Å². The van der Waals surface area contributed by atoms with Gasteiger partial charge in [0.1, 0.15) is 0 Å². The lowest BCUT2D eigenvalue weighted by Crippen LogP contribution is -2.34. The van der Waals surface area contributed by atoms with Crippen molar-refractivity contribution in [2.75, 3.05) is 25.4 Å². The van der Waals surface area contributed by atoms with E-state index >= 15 is 0 Å². The minimum absolute atomic E-state index is 0.0184. The number of aryl methyl sites for hydroxylation is 1. The molecule has 0 unspecified atom stereocenters. The van der Waals surface area contributed by atoms with Gasteiger partial charge in [-0.3, -0.25) is 9.52 Å². The van der Waals surface area contributed by atoms with E-state index in [9.17, 15) is 13.2 Å². The maximum atomic E-state index is 12.1. The number of rotatable bonds is 6. The zero-order chi connectivity index (χ0) is 15.3. The van der Waals surface area contributed by atoms with Gasteiger partial charge in [0.15, 0.2) is 0 Å². The number of methoxy groups -OCH3 is 1. The molecule has 1 N–H and O–H groups in total. The van der Waals surface area contributed by atoms with E-state index in [-0.39, 0.29) is 13.0 Å². The predicted octanol–water partition coefficient (Wildman–Crippen LogP) is 1.80. The first kappa shape index (κ1) is 16.7. The molecule has 0 spiro atoms. The molecule has 0 radical (unpaired) electrons. The lowest BCUT2D eigenvalue weighted by Gasteiger charge is -2.19. The van der Waals surface area contributed by atoms with Crippen LogP contribution in [-0.4, -0.2) is 39.4 Å². The molecule has 0 saturated carbocycles. The SMILES string of the molecule is COC(=O)CCN(C)S(=O)(=O)Nc1c(C)cccc1Cl. The molecule has 0 heterocycles. The number of ether oxygens (including phenoxy) is 1. The van der Waals surface area contributed by atoms with Crippen molar-refractivity contribution in [2.45, 2.75) is 13.3 Å². The highest BCUT2D eigenvalue weighted by molar-refractivity contribution is 7.90. The van der Waals surface area contributed by atoms with E-state index in [0.717, 1.165) is 4.31 Å². The molecule has 0 amide bonds. The smallest absolute Gasteiger partial charge is 0.306 e. The number of hydrogen-bond acceptors (Lipinski definition) is 4. The van der Waals surface area contributed by atoms with Crippen molar-refractivity contribution in [2.24, 2.45) is 0 Å². The van der Waals surface area contributed by atoms with Gasteiger partial charge in [0.05, 0.1) is 24.2 Å². The summed E-state index contributed by atoms with van der Waals surface area (Å²) in [7, 11) is -1.15. The molecule has 6 nitrogen and oxygen atoms in total. The van der Waals surface area contributed by atoms with Gasteiger partial charge in [0, 0.05) is 13.6 Å². The predicted molar refractivity (Wildman–Crippen MR) is 78.0 cm³/mol. The summed E-state index contributed by atoms with van der Waals surface area (Å²) in [6.45, 7) is 1.77. The molecule has 0 fully saturated rings. The molecule has 8 heteroatoms. The second kappa shape index (κ2) is 6.92. The van der Waals surface area contributed by atoms with Crippen LogP contribution in [0, 0.1) is 6.92 Å². The largest absolute Gasteiger partial charge is 0.469 e. The zero-order valence-electron chi connectivity index (χ0n) is 11.5. The van der Waals surface area contributed by atoms with Crippen LogP contribution in [0.1, 0.15) is 12.0 Å². The molecule has 0 aliphatic heterocycles. The van der Waals surface area contributed by atoms with Crippen molar-refractivity contribution in [3.63, 3.8) is 0 Å². The average molecular weight is 321 g/mol. The molecule has 0 aliphatic rings. The Morgan fingerprint density at radius 1 is 1.45 bits per heavy atom. The number of hydrogen-bond donors (Lipinski definition) is 1. The summed E-state index contributed by atoms with van der Waals surface area (Å²) < 4.78 is 32.1. The van der Waals surface area contributed by atoms with E-state index in [4.69, 9.17) is 11.6 Å². The van der Waals surface area contributed by atoms with Crippen molar-refractivity contribution in [1.29, 1.82) is 0 Å². The minimum Gasteiger partial charge on any atom is -0.469 e. The van der Waals surface area contributed by atoms with Crippen molar-refractivity contribution in [3.05, 3.63) is 28.8 Å². The summed E-state index contributed by atoms with van der Waals surface area (Å²) in [6, 6.07) is 5.08. The summed E-state index contributed by atoms with van der Waals surface area (Å²) in [5.74, 6) is -0.471. The van der Waals surface area contributed by atoms with Crippen LogP contribution in [0.3, 0.4) is 0 Å². The van der Waals surface area contributed by atoms with Crippen molar-refractivity contribution in [1.82, 2.24) is 4.31 Å². The highest BCUT2D eigenvalue weighted by Gasteiger charge is 2.20. The molecule has 20 heavy (non-hydrogen) atoms. The zero-order valence-corrected chi connectivity index (χ0v) is 13.1. The van der Waals surface area contributed by atoms with E-state index < -0.39 is 16.2 Å². The third kappa shape index (κ3) is 4.36. The van der Waals surface area contributed by atoms with E-state index in [1.54, 1.807) is 25.1 Å². The Labute approximate surface area is 123 Å². The van der Waals surface area contributed by atoms with Gasteiger partial charge >= 0.3 is 16.2 Å². The standard InChI is InChI=1S/C12H17ClN2O4S/c1-9-5-4-6-10(13)12(9)14-20(17,18)15(2)8-7-11(16)19-3/h4-6,14H,7-8H2,1-3H3. The highest BCUT2D eigenvalue weighted by atomic mass is 35.5. The molecule has 0 saturated heterocycles. The van der Waals surface area contributed by atoms with Gasteiger partial charge in [0.25, 0.3) is 0 Å². The van der Waals surface area contributed by atoms with Crippen LogP contribution in [0.2, 0.25) is 5.02 Å². The molecule has 1 aromatic rings. The maximum Gasteiger partial charge on any atom is 0.306 e. The molecule has 0 aliphatic carbocycles. The van der Waals surface area contributed by atoms with E-state index in [1.807, 2.05) is 0 Å². The van der Waals surface area contributed by atoms with Gasteiger partial charge < -0.3 is 4.74 Å². The lowest BCUT2D eigenvalue weighted by molar-refractivity contribution is -0.140. The number of carbonyl (C=O) groups is 1. The molecule has 1 rings (SSSR count). The van der Waals surface area contributed by atoms with E-state index in [1.165, 1.54) is 14.2 Å². The Bertz CT molecular complexity index is 569. The van der Waals surface area contributed by atoms with Crippen molar-refractivity contribution < 1.29 is 17.9 Å². The fourth-order valence-electron chi connectivity index (χ4n) is 1.44. The second-order valence-corrected chi connectivity index (χ2v) is 6.37. The average Bonchev–Trinajstić information content (AvgIpc) is 2.39. The number of benzene rings is 1. The van der Waals surface area contributed by atoms with Crippen LogP contribution in [0.15, 0.2) is 18.2 Å². The Morgan fingerprint density at radius 2 is 2.10 bits per heavy atom. The van der Waals surface area contributed by atoms with Gasteiger partial charge in [-0.05, 0) is 18.6 Å². The lowest BCUT2D eigenvalue weighted by atomic mass is 10.2. The number of halogens is 1. The quantitative estimate of drug-likeness (QED) is 0.811. The maximum absolute atomic E-state index is 12.1. The molecule has 0 atom stereocenters. The number of para-hydroxylation sites is 1. The Kier molecular flexibility index (Phi) is 5.79. The van der Waals surface area contributed by atoms with Crippen LogP contribution in [0.25, 0.3) is 0 Å². The summed E-state index contributed by atoms with van der Waals surface area (Å²) in [4.78, 5) is 11.0. The third-order valence-corrected chi connectivity index (χ3v) is 4.50. The Morgan fingerprint density at radius 3 is 2.65 bits per heavy atom.